The summed E-state index contributed by atoms with van der Waals surface area (Å²) in [7, 11) is 0. The highest BCUT2D eigenvalue weighted by atomic mass is 32.2. The maximum atomic E-state index is 11.6. The van der Waals surface area contributed by atoms with Crippen LogP contribution in [0.2, 0.25) is 0 Å². The van der Waals surface area contributed by atoms with Crippen molar-refractivity contribution < 1.29 is 4.79 Å². The zero-order chi connectivity index (χ0) is 12.8. The van der Waals surface area contributed by atoms with Gasteiger partial charge in [-0.05, 0) is 30.5 Å². The van der Waals surface area contributed by atoms with Crippen molar-refractivity contribution in [2.45, 2.75) is 5.03 Å². The standard InChI is InChI=1S/C12H12N4OS/c1-18-11-6-5-9(8-14-11)15-12(17)16-10-4-2-3-7-13-10/h2-8H,1H3,(H2,13,15,16,17). The number of carbonyl (C=O) groups excluding carboxylic acids is 1. The molecule has 0 spiro atoms. The lowest BCUT2D eigenvalue weighted by atomic mass is 10.4. The molecule has 0 radical (unpaired) electrons. The summed E-state index contributed by atoms with van der Waals surface area (Å²) >= 11 is 1.55. The fourth-order valence-electron chi connectivity index (χ4n) is 1.29. The number of rotatable bonds is 3. The first-order valence-electron chi connectivity index (χ1n) is 5.27. The first kappa shape index (κ1) is 12.4. The largest absolute Gasteiger partial charge is 0.324 e. The molecule has 5 nitrogen and oxygen atoms in total. The van der Waals surface area contributed by atoms with E-state index >= 15 is 0 Å². The van der Waals surface area contributed by atoms with Crippen LogP contribution in [0, 0.1) is 0 Å². The van der Waals surface area contributed by atoms with Gasteiger partial charge in [0.15, 0.2) is 0 Å². The Kier molecular flexibility index (Phi) is 4.14. The number of nitrogens with zero attached hydrogens (tertiary/aromatic N) is 2. The summed E-state index contributed by atoms with van der Waals surface area (Å²) in [6.07, 6.45) is 5.18. The van der Waals surface area contributed by atoms with E-state index in [2.05, 4.69) is 20.6 Å². The van der Waals surface area contributed by atoms with Crippen LogP contribution in [-0.2, 0) is 0 Å². The molecule has 0 aliphatic heterocycles. The molecule has 0 bridgehead atoms. The fourth-order valence-corrected chi connectivity index (χ4v) is 1.65. The van der Waals surface area contributed by atoms with Gasteiger partial charge in [0.2, 0.25) is 0 Å². The van der Waals surface area contributed by atoms with Gasteiger partial charge in [0.1, 0.15) is 5.82 Å². The van der Waals surface area contributed by atoms with Crippen LogP contribution in [0.25, 0.3) is 0 Å². The number of carbonyl (C=O) groups is 1. The van der Waals surface area contributed by atoms with Crippen LogP contribution in [0.15, 0.2) is 47.8 Å². The monoisotopic (exact) mass is 260 g/mol. The van der Waals surface area contributed by atoms with Gasteiger partial charge in [0.25, 0.3) is 0 Å². The second-order valence-corrected chi connectivity index (χ2v) is 4.21. The summed E-state index contributed by atoms with van der Waals surface area (Å²) < 4.78 is 0. The maximum Gasteiger partial charge on any atom is 0.324 e. The Balaban J connectivity index is 1.94. The number of nitrogens with one attached hydrogen (secondary N) is 2. The molecule has 2 heterocycles. The summed E-state index contributed by atoms with van der Waals surface area (Å²) in [6, 6.07) is 8.62. The summed E-state index contributed by atoms with van der Waals surface area (Å²) in [5.74, 6) is 0.503. The van der Waals surface area contributed by atoms with Crippen molar-refractivity contribution in [2.75, 3.05) is 16.9 Å². The normalized spacial score (nSPS) is 9.83. The number of thioether (sulfide) groups is 1. The molecule has 0 saturated heterocycles. The van der Waals surface area contributed by atoms with Crippen LogP contribution in [0.5, 0.6) is 0 Å². The number of aromatic nitrogens is 2. The Hall–Kier alpha value is -2.08. The molecular formula is C12H12N4OS. The van der Waals surface area contributed by atoms with E-state index in [1.807, 2.05) is 12.3 Å². The topological polar surface area (TPSA) is 66.9 Å². The summed E-state index contributed by atoms with van der Waals surface area (Å²) in [5.41, 5.74) is 0.640. The molecule has 2 amide bonds. The molecule has 0 aromatic carbocycles. The van der Waals surface area contributed by atoms with Crippen LogP contribution >= 0.6 is 11.8 Å². The molecule has 2 aromatic heterocycles. The minimum atomic E-state index is -0.340. The molecule has 0 fully saturated rings. The third-order valence-electron chi connectivity index (χ3n) is 2.11. The lowest BCUT2D eigenvalue weighted by Crippen LogP contribution is -2.20. The first-order valence-corrected chi connectivity index (χ1v) is 6.49. The minimum Gasteiger partial charge on any atom is -0.306 e. The van der Waals surface area contributed by atoms with Gasteiger partial charge in [-0.3, -0.25) is 5.32 Å². The highest BCUT2D eigenvalue weighted by Crippen LogP contribution is 2.14. The number of hydrogen-bond donors (Lipinski definition) is 2. The van der Waals surface area contributed by atoms with E-state index in [0.717, 1.165) is 5.03 Å². The third kappa shape index (κ3) is 3.46. The van der Waals surface area contributed by atoms with Gasteiger partial charge >= 0.3 is 6.03 Å². The van der Waals surface area contributed by atoms with E-state index < -0.39 is 0 Å². The molecule has 0 atom stereocenters. The number of amides is 2. The van der Waals surface area contributed by atoms with E-state index in [1.54, 1.807) is 48.4 Å². The molecule has 0 unspecified atom stereocenters. The van der Waals surface area contributed by atoms with E-state index in [4.69, 9.17) is 0 Å². The Morgan fingerprint density at radius 1 is 1.17 bits per heavy atom. The van der Waals surface area contributed by atoms with Crippen molar-refractivity contribution in [1.29, 1.82) is 0 Å². The van der Waals surface area contributed by atoms with Crippen molar-refractivity contribution in [1.82, 2.24) is 9.97 Å². The summed E-state index contributed by atoms with van der Waals surface area (Å²) in [5, 5.41) is 6.21. The number of anilines is 2. The predicted octanol–water partition coefficient (Wildman–Crippen LogP) is 2.84. The first-order chi connectivity index (χ1) is 8.78. The molecule has 0 saturated carbocycles. The Labute approximate surface area is 109 Å². The van der Waals surface area contributed by atoms with E-state index in [1.165, 1.54) is 0 Å². The van der Waals surface area contributed by atoms with Gasteiger partial charge in [0.05, 0.1) is 16.9 Å². The zero-order valence-corrected chi connectivity index (χ0v) is 10.6. The molecule has 6 heteroatoms. The van der Waals surface area contributed by atoms with Crippen molar-refractivity contribution in [2.24, 2.45) is 0 Å². The quantitative estimate of drug-likeness (QED) is 0.833. The summed E-state index contributed by atoms with van der Waals surface area (Å²) in [4.78, 5) is 19.8. The highest BCUT2D eigenvalue weighted by molar-refractivity contribution is 7.98. The van der Waals surface area contributed by atoms with Crippen molar-refractivity contribution in [3.8, 4) is 0 Å². The Bertz CT molecular complexity index is 515. The molecule has 18 heavy (non-hydrogen) atoms. The molecular weight excluding hydrogens is 248 g/mol. The molecule has 0 aliphatic carbocycles. The Morgan fingerprint density at radius 2 is 2.06 bits per heavy atom. The fraction of sp³-hybridized carbons (Fsp3) is 0.0833. The van der Waals surface area contributed by atoms with Gasteiger partial charge < -0.3 is 5.32 Å². The zero-order valence-electron chi connectivity index (χ0n) is 9.75. The highest BCUT2D eigenvalue weighted by Gasteiger charge is 2.03. The van der Waals surface area contributed by atoms with Crippen LogP contribution < -0.4 is 10.6 Å². The van der Waals surface area contributed by atoms with Gasteiger partial charge in [-0.25, -0.2) is 14.8 Å². The van der Waals surface area contributed by atoms with Gasteiger partial charge in [-0.15, -0.1) is 11.8 Å². The second kappa shape index (κ2) is 6.02. The SMILES string of the molecule is CSc1ccc(NC(=O)Nc2ccccn2)cn1. The number of hydrogen-bond acceptors (Lipinski definition) is 4. The second-order valence-electron chi connectivity index (χ2n) is 3.38. The van der Waals surface area contributed by atoms with Crippen LogP contribution in [0.1, 0.15) is 0 Å². The smallest absolute Gasteiger partial charge is 0.306 e. The third-order valence-corrected chi connectivity index (χ3v) is 2.77. The van der Waals surface area contributed by atoms with Crippen LogP contribution in [-0.4, -0.2) is 22.3 Å². The van der Waals surface area contributed by atoms with E-state index in [9.17, 15) is 4.79 Å². The average Bonchev–Trinajstić information content (AvgIpc) is 2.40. The number of urea groups is 1. The molecule has 92 valence electrons. The van der Waals surface area contributed by atoms with Crippen molar-refractivity contribution in [3.05, 3.63) is 42.7 Å². The van der Waals surface area contributed by atoms with Gasteiger partial charge in [-0.1, -0.05) is 6.07 Å². The summed E-state index contributed by atoms with van der Waals surface area (Å²) in [6.45, 7) is 0. The van der Waals surface area contributed by atoms with Gasteiger partial charge in [-0.2, -0.15) is 0 Å². The maximum absolute atomic E-state index is 11.6. The van der Waals surface area contributed by atoms with Gasteiger partial charge in [0, 0.05) is 6.20 Å². The van der Waals surface area contributed by atoms with Crippen LogP contribution in [0.3, 0.4) is 0 Å². The predicted molar refractivity (Wildman–Crippen MR) is 72.9 cm³/mol. The molecule has 2 aromatic rings. The average molecular weight is 260 g/mol. The number of pyridine rings is 2. The van der Waals surface area contributed by atoms with Crippen LogP contribution in [0.4, 0.5) is 16.3 Å². The van der Waals surface area contributed by atoms with E-state index in [-0.39, 0.29) is 6.03 Å². The van der Waals surface area contributed by atoms with Crippen molar-refractivity contribution >= 4 is 29.3 Å². The molecule has 2 rings (SSSR count). The molecule has 0 aliphatic rings. The lowest BCUT2D eigenvalue weighted by molar-refractivity contribution is 0.262. The molecule has 2 N–H and O–H groups in total. The Morgan fingerprint density at radius 3 is 2.67 bits per heavy atom. The van der Waals surface area contributed by atoms with E-state index in [0.29, 0.717) is 11.5 Å². The van der Waals surface area contributed by atoms with Crippen molar-refractivity contribution in [3.63, 3.8) is 0 Å². The lowest BCUT2D eigenvalue weighted by Gasteiger charge is -2.06. The minimum absolute atomic E-state index is 0.340.